The molecule has 0 aliphatic carbocycles. The van der Waals surface area contributed by atoms with Crippen LogP contribution in [0.25, 0.3) is 0 Å². The Balaban J connectivity index is 2.03. The van der Waals surface area contributed by atoms with E-state index in [4.69, 9.17) is 0 Å². The van der Waals surface area contributed by atoms with Crippen molar-refractivity contribution >= 4 is 11.9 Å². The first-order valence-electron chi connectivity index (χ1n) is 6.90. The van der Waals surface area contributed by atoms with Gasteiger partial charge in [0, 0.05) is 6.21 Å². The summed E-state index contributed by atoms with van der Waals surface area (Å²) in [5.41, 5.74) is 1.94. The van der Waals surface area contributed by atoms with Crippen molar-refractivity contribution in [3.05, 3.63) is 77.9 Å². The quantitative estimate of drug-likeness (QED) is 0.505. The van der Waals surface area contributed by atoms with E-state index in [2.05, 4.69) is 11.6 Å². The Labute approximate surface area is 127 Å². The lowest BCUT2D eigenvalue weighted by molar-refractivity contribution is -0.137. The molecule has 0 unspecified atom stereocenters. The Morgan fingerprint density at radius 2 is 1.59 bits per heavy atom. The number of aliphatic imine (C=N–C) groups is 1. The predicted octanol–water partition coefficient (Wildman–Crippen LogP) is 5.57. The molecule has 0 heterocycles. The number of alkyl halides is 3. The fourth-order valence-corrected chi connectivity index (χ4v) is 1.92. The lowest BCUT2D eigenvalue weighted by atomic mass is 10.1. The Bertz CT molecular complexity index is 638. The number of aryl methyl sites for hydroxylation is 1. The second kappa shape index (κ2) is 7.07. The molecule has 0 aliphatic heterocycles. The second-order valence-corrected chi connectivity index (χ2v) is 4.87. The van der Waals surface area contributed by atoms with Gasteiger partial charge in [-0.05, 0) is 48.2 Å². The van der Waals surface area contributed by atoms with Gasteiger partial charge in [-0.2, -0.15) is 13.2 Å². The average Bonchev–Trinajstić information content (AvgIpc) is 2.51. The van der Waals surface area contributed by atoms with Gasteiger partial charge in [-0.25, -0.2) is 0 Å². The second-order valence-electron chi connectivity index (χ2n) is 4.87. The van der Waals surface area contributed by atoms with Gasteiger partial charge < -0.3 is 0 Å². The average molecular weight is 303 g/mol. The normalized spacial score (nSPS) is 11.8. The summed E-state index contributed by atoms with van der Waals surface area (Å²) in [6, 6.07) is 12.7. The summed E-state index contributed by atoms with van der Waals surface area (Å²) in [7, 11) is 0. The molecule has 2 aromatic carbocycles. The van der Waals surface area contributed by atoms with Crippen LogP contribution in [-0.4, -0.2) is 6.21 Å². The van der Waals surface area contributed by atoms with Crippen LogP contribution in [0.3, 0.4) is 0 Å². The van der Waals surface area contributed by atoms with E-state index in [1.807, 2.05) is 30.3 Å². The molecule has 1 nitrogen and oxygen atoms in total. The third kappa shape index (κ3) is 4.58. The minimum absolute atomic E-state index is 0.490. The van der Waals surface area contributed by atoms with Crippen LogP contribution in [0.1, 0.15) is 23.1 Å². The summed E-state index contributed by atoms with van der Waals surface area (Å²) >= 11 is 0. The fourth-order valence-electron chi connectivity index (χ4n) is 1.92. The molecule has 0 atom stereocenters. The summed E-state index contributed by atoms with van der Waals surface area (Å²) in [4.78, 5) is 4.18. The van der Waals surface area contributed by atoms with E-state index in [9.17, 15) is 13.2 Å². The molecule has 0 bridgehead atoms. The van der Waals surface area contributed by atoms with Gasteiger partial charge >= 0.3 is 6.18 Å². The van der Waals surface area contributed by atoms with Gasteiger partial charge in [0.25, 0.3) is 0 Å². The van der Waals surface area contributed by atoms with Crippen LogP contribution in [0.4, 0.5) is 18.9 Å². The van der Waals surface area contributed by atoms with Crippen molar-refractivity contribution in [2.45, 2.75) is 19.0 Å². The first-order valence-corrected chi connectivity index (χ1v) is 6.90. The van der Waals surface area contributed by atoms with Crippen LogP contribution in [0.5, 0.6) is 0 Å². The lowest BCUT2D eigenvalue weighted by Gasteiger charge is -2.05. The molecule has 0 radical (unpaired) electrons. The molecular formula is C18H16F3N. The number of halogens is 3. The van der Waals surface area contributed by atoms with Crippen LogP contribution >= 0.6 is 0 Å². The van der Waals surface area contributed by atoms with Gasteiger partial charge in [-0.15, -0.1) is 6.58 Å². The van der Waals surface area contributed by atoms with E-state index in [0.717, 1.165) is 30.5 Å². The van der Waals surface area contributed by atoms with Crippen LogP contribution < -0.4 is 0 Å². The molecule has 0 spiro atoms. The van der Waals surface area contributed by atoms with E-state index >= 15 is 0 Å². The topological polar surface area (TPSA) is 12.4 Å². The molecule has 114 valence electrons. The maximum absolute atomic E-state index is 12.5. The highest BCUT2D eigenvalue weighted by Gasteiger charge is 2.29. The van der Waals surface area contributed by atoms with Crippen molar-refractivity contribution < 1.29 is 13.2 Å². The van der Waals surface area contributed by atoms with Crippen LogP contribution in [0.2, 0.25) is 0 Å². The van der Waals surface area contributed by atoms with Crippen molar-refractivity contribution in [2.75, 3.05) is 0 Å². The molecule has 0 saturated heterocycles. The van der Waals surface area contributed by atoms with E-state index in [0.29, 0.717) is 5.69 Å². The highest BCUT2D eigenvalue weighted by molar-refractivity contribution is 5.81. The predicted molar refractivity (Wildman–Crippen MR) is 83.7 cm³/mol. The van der Waals surface area contributed by atoms with Crippen LogP contribution in [-0.2, 0) is 12.6 Å². The molecule has 0 fully saturated rings. The van der Waals surface area contributed by atoms with Crippen LogP contribution in [0.15, 0.2) is 66.2 Å². The Morgan fingerprint density at radius 1 is 0.955 bits per heavy atom. The van der Waals surface area contributed by atoms with Gasteiger partial charge in [0.15, 0.2) is 0 Å². The first-order chi connectivity index (χ1) is 10.5. The Kier molecular flexibility index (Phi) is 5.15. The molecule has 0 aliphatic rings. The van der Waals surface area contributed by atoms with Gasteiger partial charge in [-0.3, -0.25) is 4.99 Å². The standard InChI is InChI=1S/C18H16F3N/c1-2-3-4-14-5-7-15(8-6-14)13-22-17-11-9-16(10-12-17)18(19,20)21/h2,5-13H,1,3-4H2. The molecule has 2 rings (SSSR count). The molecule has 0 aromatic heterocycles. The monoisotopic (exact) mass is 303 g/mol. The number of benzene rings is 2. The lowest BCUT2D eigenvalue weighted by Crippen LogP contribution is -2.03. The maximum Gasteiger partial charge on any atom is 0.416 e. The summed E-state index contributed by atoms with van der Waals surface area (Å²) in [5, 5.41) is 0. The first kappa shape index (κ1) is 16.0. The number of rotatable bonds is 5. The van der Waals surface area contributed by atoms with Gasteiger partial charge in [-0.1, -0.05) is 30.3 Å². The third-order valence-electron chi connectivity index (χ3n) is 3.17. The summed E-state index contributed by atoms with van der Waals surface area (Å²) in [6.07, 6.45) is 1.07. The minimum Gasteiger partial charge on any atom is -0.256 e. The van der Waals surface area contributed by atoms with Gasteiger partial charge in [0.2, 0.25) is 0 Å². The fraction of sp³-hybridized carbons (Fsp3) is 0.167. The Hall–Kier alpha value is -2.36. The van der Waals surface area contributed by atoms with Gasteiger partial charge in [0.1, 0.15) is 0 Å². The molecule has 0 saturated carbocycles. The molecular weight excluding hydrogens is 287 g/mol. The minimum atomic E-state index is -4.32. The third-order valence-corrected chi connectivity index (χ3v) is 3.17. The molecule has 4 heteroatoms. The van der Waals surface area contributed by atoms with Crippen LogP contribution in [0, 0.1) is 0 Å². The van der Waals surface area contributed by atoms with Gasteiger partial charge in [0.05, 0.1) is 11.3 Å². The van der Waals surface area contributed by atoms with E-state index in [-0.39, 0.29) is 0 Å². The van der Waals surface area contributed by atoms with E-state index < -0.39 is 11.7 Å². The number of hydrogen-bond acceptors (Lipinski definition) is 1. The number of hydrogen-bond donors (Lipinski definition) is 0. The molecule has 2 aromatic rings. The largest absolute Gasteiger partial charge is 0.416 e. The molecule has 22 heavy (non-hydrogen) atoms. The zero-order valence-corrected chi connectivity index (χ0v) is 12.0. The summed E-state index contributed by atoms with van der Waals surface area (Å²) < 4.78 is 37.4. The Morgan fingerprint density at radius 3 is 2.14 bits per heavy atom. The maximum atomic E-state index is 12.5. The zero-order chi connectivity index (χ0) is 16.0. The summed E-state index contributed by atoms with van der Waals surface area (Å²) in [6.45, 7) is 3.69. The number of allylic oxidation sites excluding steroid dienone is 1. The highest BCUT2D eigenvalue weighted by atomic mass is 19.4. The molecule has 0 N–H and O–H groups in total. The van der Waals surface area contributed by atoms with E-state index in [1.165, 1.54) is 17.7 Å². The van der Waals surface area contributed by atoms with E-state index in [1.54, 1.807) is 6.21 Å². The molecule has 0 amide bonds. The van der Waals surface area contributed by atoms with Crippen molar-refractivity contribution in [2.24, 2.45) is 4.99 Å². The smallest absolute Gasteiger partial charge is 0.256 e. The van der Waals surface area contributed by atoms with Crippen molar-refractivity contribution in [3.63, 3.8) is 0 Å². The van der Waals surface area contributed by atoms with Crippen molar-refractivity contribution in [3.8, 4) is 0 Å². The summed E-state index contributed by atoms with van der Waals surface area (Å²) in [5.74, 6) is 0. The SMILES string of the molecule is C=CCCc1ccc(C=Nc2ccc(C(F)(F)F)cc2)cc1. The zero-order valence-electron chi connectivity index (χ0n) is 12.0. The highest BCUT2D eigenvalue weighted by Crippen LogP contribution is 2.30. The number of nitrogens with zero attached hydrogens (tertiary/aromatic N) is 1. The van der Waals surface area contributed by atoms with Crippen molar-refractivity contribution in [1.29, 1.82) is 0 Å². The van der Waals surface area contributed by atoms with Crippen molar-refractivity contribution in [1.82, 2.24) is 0 Å².